The molecule has 3 rings (SSSR count). The first-order valence-corrected chi connectivity index (χ1v) is 9.18. The Morgan fingerprint density at radius 2 is 1.88 bits per heavy atom. The number of ether oxygens (including phenoxy) is 1. The maximum Gasteiger partial charge on any atom is 0.282 e. The van der Waals surface area contributed by atoms with Crippen LogP contribution < -0.4 is 19.9 Å². The standard InChI is InChI=1S/C21H27N3O2/c1-16-7-4-5-10-20(16)24-13-11-23(12-14-24)17(2)21(25)22-18-8-6-9-19(15-18)26-3/h4-10,15,17H,11-14H2,1-3H3,(H,22,25)/p+1/t17-/m0/s1. The van der Waals surface area contributed by atoms with E-state index in [-0.39, 0.29) is 11.9 Å². The van der Waals surface area contributed by atoms with Crippen molar-refractivity contribution in [3.63, 3.8) is 0 Å². The topological polar surface area (TPSA) is 46.0 Å². The quantitative estimate of drug-likeness (QED) is 0.860. The van der Waals surface area contributed by atoms with Gasteiger partial charge in [-0.15, -0.1) is 0 Å². The van der Waals surface area contributed by atoms with E-state index in [1.807, 2.05) is 31.2 Å². The van der Waals surface area contributed by atoms with Gasteiger partial charge in [-0.05, 0) is 37.6 Å². The van der Waals surface area contributed by atoms with Crippen molar-refractivity contribution < 1.29 is 14.4 Å². The van der Waals surface area contributed by atoms with Gasteiger partial charge in [0.15, 0.2) is 6.04 Å². The van der Waals surface area contributed by atoms with Gasteiger partial charge in [0, 0.05) is 17.4 Å². The van der Waals surface area contributed by atoms with Crippen molar-refractivity contribution in [1.82, 2.24) is 0 Å². The van der Waals surface area contributed by atoms with Gasteiger partial charge in [-0.3, -0.25) is 4.79 Å². The molecule has 1 aliphatic heterocycles. The van der Waals surface area contributed by atoms with E-state index in [0.29, 0.717) is 0 Å². The van der Waals surface area contributed by atoms with Crippen LogP contribution in [0.3, 0.4) is 0 Å². The van der Waals surface area contributed by atoms with Gasteiger partial charge in [-0.1, -0.05) is 24.3 Å². The predicted octanol–water partition coefficient (Wildman–Crippen LogP) is 1.74. The molecule has 5 nitrogen and oxygen atoms in total. The fourth-order valence-electron chi connectivity index (χ4n) is 3.52. The van der Waals surface area contributed by atoms with Gasteiger partial charge in [0.25, 0.3) is 5.91 Å². The Kier molecular flexibility index (Phi) is 5.78. The molecule has 1 saturated heterocycles. The molecule has 0 aliphatic carbocycles. The molecule has 2 aromatic carbocycles. The summed E-state index contributed by atoms with van der Waals surface area (Å²) in [5.74, 6) is 0.798. The van der Waals surface area contributed by atoms with Crippen molar-refractivity contribution in [3.05, 3.63) is 54.1 Å². The molecule has 2 aromatic rings. The number of quaternary nitrogens is 1. The minimum atomic E-state index is -0.0831. The molecule has 1 atom stereocenters. The molecule has 138 valence electrons. The third-order valence-electron chi connectivity index (χ3n) is 5.20. The molecule has 2 N–H and O–H groups in total. The van der Waals surface area contributed by atoms with E-state index in [9.17, 15) is 4.79 Å². The number of hydrogen-bond donors (Lipinski definition) is 2. The average Bonchev–Trinajstić information content (AvgIpc) is 2.68. The predicted molar refractivity (Wildman–Crippen MR) is 105 cm³/mol. The molecule has 0 spiro atoms. The molecule has 0 radical (unpaired) electrons. The fraction of sp³-hybridized carbons (Fsp3) is 0.381. The monoisotopic (exact) mass is 354 g/mol. The Morgan fingerprint density at radius 3 is 2.58 bits per heavy atom. The number of para-hydroxylation sites is 1. The van der Waals surface area contributed by atoms with Gasteiger partial charge < -0.3 is 19.9 Å². The maximum atomic E-state index is 12.6. The van der Waals surface area contributed by atoms with E-state index < -0.39 is 0 Å². The summed E-state index contributed by atoms with van der Waals surface area (Å²) < 4.78 is 5.21. The molecule has 1 heterocycles. The third-order valence-corrected chi connectivity index (χ3v) is 5.20. The van der Waals surface area contributed by atoms with Gasteiger partial charge in [-0.2, -0.15) is 0 Å². The van der Waals surface area contributed by atoms with Crippen LogP contribution in [0.15, 0.2) is 48.5 Å². The second-order valence-electron chi connectivity index (χ2n) is 6.87. The molecule has 1 amide bonds. The van der Waals surface area contributed by atoms with Crippen molar-refractivity contribution >= 4 is 17.3 Å². The summed E-state index contributed by atoms with van der Waals surface area (Å²) in [5.41, 5.74) is 3.39. The second-order valence-corrected chi connectivity index (χ2v) is 6.87. The molecule has 5 heteroatoms. The largest absolute Gasteiger partial charge is 0.497 e. The normalized spacial score (nSPS) is 16.2. The molecule has 0 aromatic heterocycles. The second kappa shape index (κ2) is 8.23. The minimum absolute atomic E-state index is 0.0533. The minimum Gasteiger partial charge on any atom is -0.497 e. The number of aryl methyl sites for hydroxylation is 1. The van der Waals surface area contributed by atoms with Gasteiger partial charge in [0.1, 0.15) is 5.75 Å². The summed E-state index contributed by atoms with van der Waals surface area (Å²) >= 11 is 0. The van der Waals surface area contributed by atoms with Crippen LogP contribution in [0, 0.1) is 6.92 Å². The highest BCUT2D eigenvalue weighted by atomic mass is 16.5. The zero-order valence-corrected chi connectivity index (χ0v) is 15.8. The molecule has 0 saturated carbocycles. The maximum absolute atomic E-state index is 12.6. The van der Waals surface area contributed by atoms with Crippen LogP contribution in [0.5, 0.6) is 5.75 Å². The lowest BCUT2D eigenvalue weighted by molar-refractivity contribution is -0.914. The molecular formula is C21H28N3O2+. The number of methoxy groups -OCH3 is 1. The summed E-state index contributed by atoms with van der Waals surface area (Å²) in [6.07, 6.45) is 0. The summed E-state index contributed by atoms with van der Waals surface area (Å²) in [6.45, 7) is 8.02. The zero-order chi connectivity index (χ0) is 18.5. The number of piperazine rings is 1. The van der Waals surface area contributed by atoms with Crippen LogP contribution in [0.1, 0.15) is 12.5 Å². The van der Waals surface area contributed by atoms with E-state index >= 15 is 0 Å². The molecule has 0 bridgehead atoms. The number of rotatable bonds is 5. The van der Waals surface area contributed by atoms with Crippen LogP contribution in [-0.2, 0) is 4.79 Å². The zero-order valence-electron chi connectivity index (χ0n) is 15.8. The highest BCUT2D eigenvalue weighted by Gasteiger charge is 2.29. The number of amides is 1. The van der Waals surface area contributed by atoms with E-state index in [0.717, 1.165) is 37.6 Å². The number of benzene rings is 2. The van der Waals surface area contributed by atoms with Crippen molar-refractivity contribution in [2.45, 2.75) is 19.9 Å². The first-order valence-electron chi connectivity index (χ1n) is 9.18. The van der Waals surface area contributed by atoms with Gasteiger partial charge >= 0.3 is 0 Å². The smallest absolute Gasteiger partial charge is 0.282 e. The lowest BCUT2D eigenvalue weighted by Crippen LogP contribution is -3.19. The van der Waals surface area contributed by atoms with Crippen LogP contribution in [0.25, 0.3) is 0 Å². The lowest BCUT2D eigenvalue weighted by Gasteiger charge is -2.36. The van der Waals surface area contributed by atoms with Crippen molar-refractivity contribution in [3.8, 4) is 5.75 Å². The Labute approximate surface area is 155 Å². The number of carbonyl (C=O) groups is 1. The highest BCUT2D eigenvalue weighted by molar-refractivity contribution is 5.93. The molecule has 26 heavy (non-hydrogen) atoms. The summed E-state index contributed by atoms with van der Waals surface area (Å²) in [7, 11) is 1.63. The average molecular weight is 354 g/mol. The number of carbonyl (C=O) groups excluding carboxylic acids is 1. The Balaban J connectivity index is 1.56. The number of hydrogen-bond acceptors (Lipinski definition) is 3. The van der Waals surface area contributed by atoms with Gasteiger partial charge in [0.2, 0.25) is 0 Å². The molecule has 1 fully saturated rings. The molecule has 0 unspecified atom stereocenters. The van der Waals surface area contributed by atoms with Gasteiger partial charge in [-0.25, -0.2) is 0 Å². The van der Waals surface area contributed by atoms with Crippen molar-refractivity contribution in [2.75, 3.05) is 43.5 Å². The summed E-state index contributed by atoms with van der Waals surface area (Å²) in [5, 5.41) is 3.01. The fourth-order valence-corrected chi connectivity index (χ4v) is 3.52. The van der Waals surface area contributed by atoms with E-state index in [4.69, 9.17) is 4.74 Å². The van der Waals surface area contributed by atoms with E-state index in [2.05, 4.69) is 41.4 Å². The first-order chi connectivity index (χ1) is 12.6. The van der Waals surface area contributed by atoms with Crippen molar-refractivity contribution in [2.24, 2.45) is 0 Å². The Hall–Kier alpha value is -2.53. The van der Waals surface area contributed by atoms with Crippen LogP contribution in [-0.4, -0.2) is 45.2 Å². The van der Waals surface area contributed by atoms with Crippen LogP contribution in [0.2, 0.25) is 0 Å². The van der Waals surface area contributed by atoms with Crippen LogP contribution >= 0.6 is 0 Å². The SMILES string of the molecule is COc1cccc(NC(=O)[C@H](C)[NH+]2CCN(c3ccccc3C)CC2)c1. The van der Waals surface area contributed by atoms with Crippen LogP contribution in [0.4, 0.5) is 11.4 Å². The number of anilines is 2. The highest BCUT2D eigenvalue weighted by Crippen LogP contribution is 2.19. The van der Waals surface area contributed by atoms with E-state index in [1.165, 1.54) is 16.2 Å². The summed E-state index contributed by atoms with van der Waals surface area (Å²) in [4.78, 5) is 16.4. The van der Waals surface area contributed by atoms with Crippen molar-refractivity contribution in [1.29, 1.82) is 0 Å². The third kappa shape index (κ3) is 4.17. The number of nitrogens with zero attached hydrogens (tertiary/aromatic N) is 1. The number of nitrogens with one attached hydrogen (secondary N) is 2. The molecule has 1 aliphatic rings. The lowest BCUT2D eigenvalue weighted by atomic mass is 10.1. The Morgan fingerprint density at radius 1 is 1.15 bits per heavy atom. The van der Waals surface area contributed by atoms with E-state index in [1.54, 1.807) is 7.11 Å². The Bertz CT molecular complexity index is 754. The first kappa shape index (κ1) is 18.3. The van der Waals surface area contributed by atoms with Gasteiger partial charge in [0.05, 0.1) is 33.3 Å². The molecular weight excluding hydrogens is 326 g/mol. The summed E-state index contributed by atoms with van der Waals surface area (Å²) in [6, 6.07) is 15.9.